The molecule has 1 atom stereocenters. The standard InChI is InChI=1S/C14H14FN3O/c1-9(10-3-2-6-17-8-10)18-14(19)12-5-4-11(15)7-13(12)16/h2-9H,16H2,1H3,(H,18,19). The number of amides is 1. The van der Waals surface area contributed by atoms with Gasteiger partial charge in [0, 0.05) is 18.1 Å². The summed E-state index contributed by atoms with van der Waals surface area (Å²) in [6, 6.07) is 7.17. The Kier molecular flexibility index (Phi) is 3.75. The van der Waals surface area contributed by atoms with Crippen LogP contribution >= 0.6 is 0 Å². The van der Waals surface area contributed by atoms with Crippen LogP contribution in [0.5, 0.6) is 0 Å². The summed E-state index contributed by atoms with van der Waals surface area (Å²) in [6.45, 7) is 1.84. The minimum atomic E-state index is -0.464. The second-order valence-electron chi connectivity index (χ2n) is 4.21. The van der Waals surface area contributed by atoms with Crippen molar-refractivity contribution in [3.05, 3.63) is 59.7 Å². The number of carbonyl (C=O) groups is 1. The number of nitrogen functional groups attached to an aromatic ring is 1. The maximum absolute atomic E-state index is 12.9. The molecule has 1 amide bonds. The summed E-state index contributed by atoms with van der Waals surface area (Å²) < 4.78 is 12.9. The van der Waals surface area contributed by atoms with Crippen molar-refractivity contribution in [2.45, 2.75) is 13.0 Å². The van der Waals surface area contributed by atoms with Crippen molar-refractivity contribution >= 4 is 11.6 Å². The molecule has 3 N–H and O–H groups in total. The van der Waals surface area contributed by atoms with Gasteiger partial charge in [0.25, 0.3) is 5.91 Å². The molecule has 2 aromatic rings. The molecule has 1 aromatic carbocycles. The molecular formula is C14H14FN3O. The van der Waals surface area contributed by atoms with Crippen molar-refractivity contribution in [1.82, 2.24) is 10.3 Å². The zero-order valence-corrected chi connectivity index (χ0v) is 10.4. The van der Waals surface area contributed by atoms with Gasteiger partial charge in [-0.25, -0.2) is 4.39 Å². The molecule has 0 saturated carbocycles. The summed E-state index contributed by atoms with van der Waals surface area (Å²) in [5.74, 6) is -0.803. The molecule has 0 spiro atoms. The topological polar surface area (TPSA) is 68.0 Å². The van der Waals surface area contributed by atoms with Gasteiger partial charge in [-0.2, -0.15) is 0 Å². The van der Waals surface area contributed by atoms with Crippen LogP contribution in [0.25, 0.3) is 0 Å². The highest BCUT2D eigenvalue weighted by Gasteiger charge is 2.14. The number of nitrogens with zero attached hydrogens (tertiary/aromatic N) is 1. The number of anilines is 1. The Morgan fingerprint density at radius 2 is 2.21 bits per heavy atom. The fourth-order valence-electron chi connectivity index (χ4n) is 1.73. The molecule has 0 aliphatic heterocycles. The summed E-state index contributed by atoms with van der Waals surface area (Å²) in [7, 11) is 0. The van der Waals surface area contributed by atoms with E-state index >= 15 is 0 Å². The van der Waals surface area contributed by atoms with Crippen LogP contribution in [0.2, 0.25) is 0 Å². The quantitative estimate of drug-likeness (QED) is 0.831. The van der Waals surface area contributed by atoms with Gasteiger partial charge in [0.1, 0.15) is 5.82 Å². The molecule has 0 radical (unpaired) electrons. The first kappa shape index (κ1) is 13.0. The number of aromatic nitrogens is 1. The number of nitrogens with one attached hydrogen (secondary N) is 1. The third kappa shape index (κ3) is 3.07. The monoisotopic (exact) mass is 259 g/mol. The summed E-state index contributed by atoms with van der Waals surface area (Å²) >= 11 is 0. The van der Waals surface area contributed by atoms with E-state index in [0.29, 0.717) is 0 Å². The van der Waals surface area contributed by atoms with Gasteiger partial charge < -0.3 is 11.1 Å². The summed E-state index contributed by atoms with van der Waals surface area (Å²) in [5, 5.41) is 2.79. The van der Waals surface area contributed by atoms with E-state index < -0.39 is 5.82 Å². The summed E-state index contributed by atoms with van der Waals surface area (Å²) in [6.07, 6.45) is 3.34. The van der Waals surface area contributed by atoms with Gasteiger partial charge in [0.05, 0.1) is 11.6 Å². The Bertz CT molecular complexity index is 586. The van der Waals surface area contributed by atoms with E-state index in [-0.39, 0.29) is 23.2 Å². The third-order valence-corrected chi connectivity index (χ3v) is 2.79. The normalized spacial score (nSPS) is 11.9. The number of hydrogen-bond acceptors (Lipinski definition) is 3. The minimum absolute atomic E-state index is 0.121. The number of benzene rings is 1. The van der Waals surface area contributed by atoms with Gasteiger partial charge in [-0.3, -0.25) is 9.78 Å². The Hall–Kier alpha value is -2.43. The largest absolute Gasteiger partial charge is 0.398 e. The molecule has 2 rings (SSSR count). The lowest BCUT2D eigenvalue weighted by atomic mass is 10.1. The van der Waals surface area contributed by atoms with E-state index in [9.17, 15) is 9.18 Å². The van der Waals surface area contributed by atoms with Crippen LogP contribution in [0, 0.1) is 5.82 Å². The highest BCUT2D eigenvalue weighted by molar-refractivity contribution is 5.99. The van der Waals surface area contributed by atoms with Crippen molar-refractivity contribution < 1.29 is 9.18 Å². The van der Waals surface area contributed by atoms with E-state index in [0.717, 1.165) is 11.6 Å². The van der Waals surface area contributed by atoms with Gasteiger partial charge in [0.15, 0.2) is 0 Å². The molecule has 1 heterocycles. The van der Waals surface area contributed by atoms with Crippen LogP contribution in [0.1, 0.15) is 28.9 Å². The number of nitrogens with two attached hydrogens (primary N) is 1. The SMILES string of the molecule is CC(NC(=O)c1ccc(F)cc1N)c1cccnc1. The van der Waals surface area contributed by atoms with Crippen LogP contribution in [-0.4, -0.2) is 10.9 Å². The maximum Gasteiger partial charge on any atom is 0.253 e. The second kappa shape index (κ2) is 5.48. The van der Waals surface area contributed by atoms with E-state index in [1.807, 2.05) is 13.0 Å². The molecule has 98 valence electrons. The molecule has 0 bridgehead atoms. The van der Waals surface area contributed by atoms with Crippen molar-refractivity contribution in [3.63, 3.8) is 0 Å². The van der Waals surface area contributed by atoms with Gasteiger partial charge in [-0.15, -0.1) is 0 Å². The number of carbonyl (C=O) groups excluding carboxylic acids is 1. The molecule has 1 aromatic heterocycles. The van der Waals surface area contributed by atoms with Gasteiger partial charge in [-0.05, 0) is 36.8 Å². The summed E-state index contributed by atoms with van der Waals surface area (Å²) in [4.78, 5) is 16.0. The second-order valence-corrected chi connectivity index (χ2v) is 4.21. The molecule has 4 nitrogen and oxygen atoms in total. The van der Waals surface area contributed by atoms with Crippen molar-refractivity contribution in [2.75, 3.05) is 5.73 Å². The highest BCUT2D eigenvalue weighted by atomic mass is 19.1. The van der Waals surface area contributed by atoms with E-state index in [2.05, 4.69) is 10.3 Å². The average molecular weight is 259 g/mol. The average Bonchev–Trinajstić information content (AvgIpc) is 2.39. The lowest BCUT2D eigenvalue weighted by Gasteiger charge is -2.14. The van der Waals surface area contributed by atoms with E-state index in [1.54, 1.807) is 18.5 Å². The Morgan fingerprint density at radius 3 is 2.84 bits per heavy atom. The molecule has 0 fully saturated rings. The van der Waals surface area contributed by atoms with Gasteiger partial charge >= 0.3 is 0 Å². The molecular weight excluding hydrogens is 245 g/mol. The number of halogens is 1. The number of rotatable bonds is 3. The molecule has 0 saturated heterocycles. The molecule has 19 heavy (non-hydrogen) atoms. The number of pyridine rings is 1. The Labute approximate surface area is 110 Å². The van der Waals surface area contributed by atoms with Gasteiger partial charge in [0.2, 0.25) is 0 Å². The predicted octanol–water partition coefficient (Wildman–Crippen LogP) is 2.29. The van der Waals surface area contributed by atoms with Gasteiger partial charge in [-0.1, -0.05) is 6.07 Å². The molecule has 0 aliphatic rings. The first-order valence-electron chi connectivity index (χ1n) is 5.83. The molecule has 1 unspecified atom stereocenters. The molecule has 5 heteroatoms. The fourth-order valence-corrected chi connectivity index (χ4v) is 1.73. The first-order valence-corrected chi connectivity index (χ1v) is 5.83. The van der Waals surface area contributed by atoms with E-state index in [4.69, 9.17) is 5.73 Å². The van der Waals surface area contributed by atoms with Crippen LogP contribution < -0.4 is 11.1 Å². The van der Waals surface area contributed by atoms with E-state index in [1.165, 1.54) is 12.1 Å². The minimum Gasteiger partial charge on any atom is -0.398 e. The van der Waals surface area contributed by atoms with Crippen molar-refractivity contribution in [2.24, 2.45) is 0 Å². The Morgan fingerprint density at radius 1 is 1.42 bits per heavy atom. The first-order chi connectivity index (χ1) is 9.08. The lowest BCUT2D eigenvalue weighted by Crippen LogP contribution is -2.27. The zero-order chi connectivity index (χ0) is 13.8. The number of hydrogen-bond donors (Lipinski definition) is 2. The third-order valence-electron chi connectivity index (χ3n) is 2.79. The zero-order valence-electron chi connectivity index (χ0n) is 10.4. The highest BCUT2D eigenvalue weighted by Crippen LogP contribution is 2.16. The van der Waals surface area contributed by atoms with Crippen LogP contribution in [0.3, 0.4) is 0 Å². The Balaban J connectivity index is 2.13. The predicted molar refractivity (Wildman–Crippen MR) is 70.9 cm³/mol. The molecule has 0 aliphatic carbocycles. The summed E-state index contributed by atoms with van der Waals surface area (Å²) in [5.41, 5.74) is 6.89. The lowest BCUT2D eigenvalue weighted by molar-refractivity contribution is 0.0940. The van der Waals surface area contributed by atoms with Crippen LogP contribution in [0.4, 0.5) is 10.1 Å². The van der Waals surface area contributed by atoms with Crippen molar-refractivity contribution in [3.8, 4) is 0 Å². The van der Waals surface area contributed by atoms with Crippen LogP contribution in [0.15, 0.2) is 42.7 Å². The fraction of sp³-hybridized carbons (Fsp3) is 0.143. The smallest absolute Gasteiger partial charge is 0.253 e. The van der Waals surface area contributed by atoms with Crippen molar-refractivity contribution in [1.29, 1.82) is 0 Å². The van der Waals surface area contributed by atoms with Crippen LogP contribution in [-0.2, 0) is 0 Å². The maximum atomic E-state index is 12.9.